The minimum absolute atomic E-state index is 0.0268. The molecule has 2 fully saturated rings. The van der Waals surface area contributed by atoms with Gasteiger partial charge in [-0.1, -0.05) is 0 Å². The number of carbonyl (C=O) groups is 1. The highest BCUT2D eigenvalue weighted by atomic mass is 16.2. The van der Waals surface area contributed by atoms with Crippen LogP contribution in [0.15, 0.2) is 18.3 Å². The van der Waals surface area contributed by atoms with Crippen LogP contribution in [0.5, 0.6) is 0 Å². The van der Waals surface area contributed by atoms with Crippen molar-refractivity contribution in [3.05, 3.63) is 24.0 Å². The second-order valence-electron chi connectivity index (χ2n) is 7.40. The monoisotopic (exact) mass is 341 g/mol. The maximum absolute atomic E-state index is 12.8. The summed E-state index contributed by atoms with van der Waals surface area (Å²) in [6.45, 7) is 5.87. The van der Waals surface area contributed by atoms with Crippen molar-refractivity contribution in [2.75, 3.05) is 26.2 Å². The molecule has 2 aromatic heterocycles. The number of aromatic nitrogens is 3. The van der Waals surface area contributed by atoms with Gasteiger partial charge in [0.05, 0.1) is 11.7 Å². The summed E-state index contributed by atoms with van der Waals surface area (Å²) in [5.74, 6) is 0.715. The third kappa shape index (κ3) is 3.03. The average Bonchev–Trinajstić information content (AvgIpc) is 3.30. The minimum Gasteiger partial charge on any atom is -0.341 e. The highest BCUT2D eigenvalue weighted by Crippen LogP contribution is 2.32. The summed E-state index contributed by atoms with van der Waals surface area (Å²) in [6.07, 6.45) is 6.23. The van der Waals surface area contributed by atoms with Crippen LogP contribution in [-0.4, -0.2) is 62.7 Å². The summed E-state index contributed by atoms with van der Waals surface area (Å²) in [4.78, 5) is 21.6. The van der Waals surface area contributed by atoms with Crippen molar-refractivity contribution >= 4 is 16.9 Å². The normalized spacial score (nSPS) is 21.1. The maximum atomic E-state index is 12.8. The molecule has 0 aliphatic carbocycles. The molecule has 0 bridgehead atoms. The quantitative estimate of drug-likeness (QED) is 0.858. The molecule has 6 heteroatoms. The molecule has 2 aliphatic rings. The van der Waals surface area contributed by atoms with Gasteiger partial charge in [-0.3, -0.25) is 14.4 Å². The van der Waals surface area contributed by atoms with E-state index in [1.54, 1.807) is 0 Å². The molecule has 2 saturated heterocycles. The zero-order valence-corrected chi connectivity index (χ0v) is 15.2. The Morgan fingerprint density at radius 1 is 1.20 bits per heavy atom. The predicted molar refractivity (Wildman–Crippen MR) is 97.3 cm³/mol. The molecule has 2 aromatic rings. The van der Waals surface area contributed by atoms with Gasteiger partial charge in [0.1, 0.15) is 0 Å². The van der Waals surface area contributed by atoms with Gasteiger partial charge in [0.25, 0.3) is 0 Å². The number of rotatable bonds is 3. The zero-order chi connectivity index (χ0) is 17.4. The van der Waals surface area contributed by atoms with Crippen molar-refractivity contribution in [2.24, 2.45) is 7.05 Å². The highest BCUT2D eigenvalue weighted by Gasteiger charge is 2.31. The SMILES string of the molecule is C[C@H](C(=O)N1CCC(c2nn(C)c3ncccc23)CC1)N1CCCC1. The third-order valence-electron chi connectivity index (χ3n) is 5.87. The molecule has 6 nitrogen and oxygen atoms in total. The van der Waals surface area contributed by atoms with Crippen LogP contribution in [0, 0.1) is 0 Å². The van der Waals surface area contributed by atoms with Gasteiger partial charge in [-0.15, -0.1) is 0 Å². The predicted octanol–water partition coefficient (Wildman–Crippen LogP) is 2.16. The van der Waals surface area contributed by atoms with Gasteiger partial charge >= 0.3 is 0 Å². The summed E-state index contributed by atoms with van der Waals surface area (Å²) in [7, 11) is 1.95. The van der Waals surface area contributed by atoms with Crippen LogP contribution in [-0.2, 0) is 11.8 Å². The second kappa shape index (κ2) is 6.75. The first-order valence-corrected chi connectivity index (χ1v) is 9.45. The molecule has 0 aromatic carbocycles. The number of likely N-dealkylation sites (tertiary alicyclic amines) is 2. The topological polar surface area (TPSA) is 54.3 Å². The lowest BCUT2D eigenvalue weighted by atomic mass is 9.91. The number of carbonyl (C=O) groups excluding carboxylic acids is 1. The van der Waals surface area contributed by atoms with Crippen molar-refractivity contribution in [3.8, 4) is 0 Å². The van der Waals surface area contributed by atoms with Crippen molar-refractivity contribution < 1.29 is 4.79 Å². The van der Waals surface area contributed by atoms with Crippen molar-refractivity contribution in [3.63, 3.8) is 0 Å². The van der Waals surface area contributed by atoms with Crippen molar-refractivity contribution in [1.82, 2.24) is 24.6 Å². The van der Waals surface area contributed by atoms with E-state index >= 15 is 0 Å². The van der Waals surface area contributed by atoms with Gasteiger partial charge in [0, 0.05) is 37.6 Å². The first-order valence-electron chi connectivity index (χ1n) is 9.45. The molecular formula is C19H27N5O. The summed E-state index contributed by atoms with van der Waals surface area (Å²) in [6, 6.07) is 4.11. The van der Waals surface area contributed by atoms with Gasteiger partial charge in [0.15, 0.2) is 5.65 Å². The molecule has 4 heterocycles. The van der Waals surface area contributed by atoms with Gasteiger partial charge in [-0.25, -0.2) is 4.98 Å². The molecule has 0 radical (unpaired) electrons. The van der Waals surface area contributed by atoms with E-state index in [0.717, 1.165) is 55.7 Å². The molecule has 4 rings (SSSR count). The number of hydrogen-bond acceptors (Lipinski definition) is 4. The Morgan fingerprint density at radius 2 is 1.92 bits per heavy atom. The van der Waals surface area contributed by atoms with Gasteiger partial charge in [0.2, 0.25) is 5.91 Å². The minimum atomic E-state index is 0.0268. The fourth-order valence-electron chi connectivity index (χ4n) is 4.34. The van der Waals surface area contributed by atoms with E-state index in [0.29, 0.717) is 11.8 Å². The summed E-state index contributed by atoms with van der Waals surface area (Å²) in [5, 5.41) is 5.88. The molecule has 0 spiro atoms. The summed E-state index contributed by atoms with van der Waals surface area (Å²) < 4.78 is 1.87. The van der Waals surface area contributed by atoms with Crippen LogP contribution in [0.25, 0.3) is 11.0 Å². The lowest BCUT2D eigenvalue weighted by Crippen LogP contribution is -2.48. The van der Waals surface area contributed by atoms with Gasteiger partial charge in [-0.2, -0.15) is 5.10 Å². The van der Waals surface area contributed by atoms with Crippen LogP contribution in [0.3, 0.4) is 0 Å². The Kier molecular flexibility index (Phi) is 4.46. The lowest BCUT2D eigenvalue weighted by molar-refractivity contribution is -0.137. The van der Waals surface area contributed by atoms with E-state index in [4.69, 9.17) is 5.10 Å². The number of aryl methyl sites for hydroxylation is 1. The fourth-order valence-corrected chi connectivity index (χ4v) is 4.34. The Hall–Kier alpha value is -1.95. The Labute approximate surface area is 148 Å². The van der Waals surface area contributed by atoms with Crippen LogP contribution >= 0.6 is 0 Å². The van der Waals surface area contributed by atoms with E-state index in [1.165, 1.54) is 12.8 Å². The first kappa shape index (κ1) is 16.5. The van der Waals surface area contributed by atoms with Crippen LogP contribution in [0.1, 0.15) is 44.2 Å². The molecule has 1 atom stereocenters. The average molecular weight is 341 g/mol. The lowest BCUT2D eigenvalue weighted by Gasteiger charge is -2.35. The molecule has 1 amide bonds. The Morgan fingerprint density at radius 3 is 2.64 bits per heavy atom. The van der Waals surface area contributed by atoms with Gasteiger partial charge in [-0.05, 0) is 57.8 Å². The molecule has 2 aliphatic heterocycles. The van der Waals surface area contributed by atoms with Crippen LogP contribution < -0.4 is 0 Å². The Bertz CT molecular complexity index is 756. The molecular weight excluding hydrogens is 314 g/mol. The number of fused-ring (bicyclic) bond motifs is 1. The standard InChI is InChI=1S/C19H27N5O/c1-14(23-10-3-4-11-23)19(25)24-12-7-15(8-13-24)17-16-6-5-9-20-18(16)22(2)21-17/h5-6,9,14-15H,3-4,7-8,10-13H2,1-2H3/t14-/m1/s1. The number of hydrogen-bond donors (Lipinski definition) is 0. The number of nitrogens with zero attached hydrogens (tertiary/aromatic N) is 5. The zero-order valence-electron chi connectivity index (χ0n) is 15.2. The van der Waals surface area contributed by atoms with Crippen LogP contribution in [0.4, 0.5) is 0 Å². The third-order valence-corrected chi connectivity index (χ3v) is 5.87. The number of pyridine rings is 1. The summed E-state index contributed by atoms with van der Waals surface area (Å²) in [5.41, 5.74) is 2.09. The fraction of sp³-hybridized carbons (Fsp3) is 0.632. The second-order valence-corrected chi connectivity index (χ2v) is 7.40. The molecule has 0 N–H and O–H groups in total. The highest BCUT2D eigenvalue weighted by molar-refractivity contribution is 5.82. The number of amides is 1. The van der Waals surface area contributed by atoms with E-state index in [1.807, 2.05) is 24.0 Å². The smallest absolute Gasteiger partial charge is 0.239 e. The molecule has 25 heavy (non-hydrogen) atoms. The van der Waals surface area contributed by atoms with Crippen molar-refractivity contribution in [1.29, 1.82) is 0 Å². The van der Waals surface area contributed by atoms with E-state index in [9.17, 15) is 4.79 Å². The maximum Gasteiger partial charge on any atom is 0.239 e. The first-order chi connectivity index (χ1) is 12.1. The van der Waals surface area contributed by atoms with Crippen molar-refractivity contribution in [2.45, 2.75) is 44.6 Å². The summed E-state index contributed by atoms with van der Waals surface area (Å²) >= 11 is 0. The largest absolute Gasteiger partial charge is 0.341 e. The molecule has 0 saturated carbocycles. The van der Waals surface area contributed by atoms with E-state index < -0.39 is 0 Å². The number of piperidine rings is 1. The van der Waals surface area contributed by atoms with E-state index in [-0.39, 0.29) is 6.04 Å². The molecule has 0 unspecified atom stereocenters. The van der Waals surface area contributed by atoms with Crippen LogP contribution in [0.2, 0.25) is 0 Å². The molecule has 134 valence electrons. The van der Waals surface area contributed by atoms with E-state index in [2.05, 4.69) is 27.8 Å². The Balaban J connectivity index is 1.43. The van der Waals surface area contributed by atoms with Gasteiger partial charge < -0.3 is 4.90 Å².